The van der Waals surface area contributed by atoms with E-state index in [1.165, 1.54) is 6.07 Å². The van der Waals surface area contributed by atoms with Gasteiger partial charge in [0.2, 0.25) is 0 Å². The number of hydrogen-bond donors (Lipinski definition) is 1. The van der Waals surface area contributed by atoms with Gasteiger partial charge in [-0.25, -0.2) is 0 Å². The normalized spacial score (nSPS) is 11.6. The van der Waals surface area contributed by atoms with Gasteiger partial charge >= 0.3 is 37.7 Å². The maximum absolute atomic E-state index is 12.6. The number of aromatic carboxylic acids is 1. The van der Waals surface area contributed by atoms with Gasteiger partial charge in [-0.05, 0) is 41.1 Å². The molecule has 3 aromatic carbocycles. The SMILES string of the molecule is CCc1c(Cl)cc(S(=O)(=O)O)cc1N=Nc1c([O-])c(C(=O)[O-])cc2ccccc12.[Ca+2]. The van der Waals surface area contributed by atoms with Crippen LogP contribution in [0.5, 0.6) is 5.75 Å². The summed E-state index contributed by atoms with van der Waals surface area (Å²) in [6.07, 6.45) is 0.364. The second kappa shape index (κ2) is 9.59. The Balaban J connectivity index is 0.00000320. The third-order valence-corrected chi connectivity index (χ3v) is 5.42. The van der Waals surface area contributed by atoms with Crippen molar-refractivity contribution in [1.29, 1.82) is 0 Å². The first kappa shape index (κ1) is 24.5. The standard InChI is InChI=1S/C19H15ClN2O6S.Ca/c1-2-12-15(20)8-11(29(26,27)28)9-16(12)21-22-17-13-6-4-3-5-10(13)7-14(18(17)23)19(24)25;/h3-9,23H,2H2,1H3,(H,24,25)(H,26,27,28);/q;+2/p-2. The maximum atomic E-state index is 12.6. The van der Waals surface area contributed by atoms with E-state index < -0.39 is 32.3 Å². The topological polar surface area (TPSA) is 142 Å². The van der Waals surface area contributed by atoms with Crippen LogP contribution < -0.4 is 10.2 Å². The summed E-state index contributed by atoms with van der Waals surface area (Å²) in [7, 11) is -4.55. The van der Waals surface area contributed by atoms with Gasteiger partial charge < -0.3 is 15.0 Å². The zero-order valence-corrected chi connectivity index (χ0v) is 19.4. The Morgan fingerprint density at radius 3 is 2.43 bits per heavy atom. The molecule has 3 rings (SSSR count). The summed E-state index contributed by atoms with van der Waals surface area (Å²) in [5.41, 5.74) is -0.346. The zero-order valence-electron chi connectivity index (χ0n) is 15.6. The molecule has 0 spiro atoms. The van der Waals surface area contributed by atoms with Crippen LogP contribution in [-0.2, 0) is 16.5 Å². The summed E-state index contributed by atoms with van der Waals surface area (Å²) < 4.78 is 32.2. The van der Waals surface area contributed by atoms with Crippen LogP contribution in [0.1, 0.15) is 22.8 Å². The first-order chi connectivity index (χ1) is 13.6. The maximum Gasteiger partial charge on any atom is 2.00 e. The van der Waals surface area contributed by atoms with Crippen molar-refractivity contribution >= 4 is 87.6 Å². The van der Waals surface area contributed by atoms with Crippen molar-refractivity contribution in [3.05, 3.63) is 58.6 Å². The molecule has 150 valence electrons. The third kappa shape index (κ3) is 4.93. The predicted molar refractivity (Wildman–Crippen MR) is 108 cm³/mol. The average molecular weight is 473 g/mol. The smallest absolute Gasteiger partial charge is 0.871 e. The van der Waals surface area contributed by atoms with Crippen molar-refractivity contribution in [2.75, 3.05) is 0 Å². The molecule has 0 aromatic heterocycles. The fourth-order valence-electron chi connectivity index (χ4n) is 2.85. The van der Waals surface area contributed by atoms with Gasteiger partial charge in [-0.1, -0.05) is 48.5 Å². The minimum absolute atomic E-state index is 0. The predicted octanol–water partition coefficient (Wildman–Crippen LogP) is 2.77. The van der Waals surface area contributed by atoms with E-state index in [-0.39, 0.29) is 54.1 Å². The average Bonchev–Trinajstić information content (AvgIpc) is 2.65. The van der Waals surface area contributed by atoms with Crippen molar-refractivity contribution in [3.8, 4) is 5.75 Å². The summed E-state index contributed by atoms with van der Waals surface area (Å²) in [6.45, 7) is 1.75. The summed E-state index contributed by atoms with van der Waals surface area (Å²) in [5.74, 6) is -2.54. The Kier molecular flexibility index (Phi) is 7.84. The molecule has 0 bridgehead atoms. The monoisotopic (exact) mass is 472 g/mol. The van der Waals surface area contributed by atoms with Gasteiger partial charge in [0.05, 0.1) is 22.2 Å². The largest absolute Gasteiger partial charge is 2.00 e. The second-order valence-electron chi connectivity index (χ2n) is 6.04. The quantitative estimate of drug-likeness (QED) is 0.343. The van der Waals surface area contributed by atoms with E-state index in [1.807, 2.05) is 0 Å². The Labute approximate surface area is 207 Å². The van der Waals surface area contributed by atoms with Gasteiger partial charge in [-0.2, -0.15) is 18.6 Å². The Hall–Kier alpha value is -1.75. The Morgan fingerprint density at radius 2 is 1.83 bits per heavy atom. The number of benzene rings is 3. The van der Waals surface area contributed by atoms with Crippen molar-refractivity contribution in [1.82, 2.24) is 0 Å². The molecule has 3 aromatic rings. The number of carboxylic acid groups (broad SMARTS) is 1. The molecule has 0 radical (unpaired) electrons. The summed E-state index contributed by atoms with van der Waals surface area (Å²) in [5, 5.41) is 32.6. The molecule has 0 atom stereocenters. The van der Waals surface area contributed by atoms with Gasteiger partial charge in [0.1, 0.15) is 0 Å². The molecule has 30 heavy (non-hydrogen) atoms. The van der Waals surface area contributed by atoms with E-state index >= 15 is 0 Å². The fourth-order valence-corrected chi connectivity index (χ4v) is 3.79. The molecular formula is C19H13CaClN2O6S. The van der Waals surface area contributed by atoms with Crippen LogP contribution in [-0.4, -0.2) is 56.7 Å². The number of hydrogen-bond acceptors (Lipinski definition) is 7. The minimum Gasteiger partial charge on any atom is -0.871 e. The number of fused-ring (bicyclic) bond motifs is 1. The molecule has 0 saturated heterocycles. The van der Waals surface area contributed by atoms with Crippen molar-refractivity contribution in [2.24, 2.45) is 10.2 Å². The molecule has 8 nitrogen and oxygen atoms in total. The van der Waals surface area contributed by atoms with E-state index in [2.05, 4.69) is 10.2 Å². The molecule has 0 amide bonds. The van der Waals surface area contributed by atoms with Gasteiger partial charge in [-0.3, -0.25) is 4.55 Å². The first-order valence-corrected chi connectivity index (χ1v) is 10.1. The summed E-state index contributed by atoms with van der Waals surface area (Å²) in [4.78, 5) is 10.8. The van der Waals surface area contributed by atoms with Gasteiger partial charge in [-0.15, -0.1) is 0 Å². The summed E-state index contributed by atoms with van der Waals surface area (Å²) in [6, 6.07) is 9.84. The van der Waals surface area contributed by atoms with E-state index in [0.29, 0.717) is 22.8 Å². The van der Waals surface area contributed by atoms with E-state index in [1.54, 1.807) is 31.2 Å². The van der Waals surface area contributed by atoms with Gasteiger partial charge in [0.25, 0.3) is 10.1 Å². The number of carboxylic acids is 1. The molecule has 0 aliphatic rings. The van der Waals surface area contributed by atoms with Crippen LogP contribution in [0, 0.1) is 0 Å². The van der Waals surface area contributed by atoms with E-state index in [4.69, 9.17) is 11.6 Å². The van der Waals surface area contributed by atoms with Crippen LogP contribution in [0.3, 0.4) is 0 Å². The molecule has 0 unspecified atom stereocenters. The molecular weight excluding hydrogens is 460 g/mol. The minimum atomic E-state index is -4.55. The number of rotatable bonds is 5. The van der Waals surface area contributed by atoms with Crippen LogP contribution in [0.25, 0.3) is 10.8 Å². The fraction of sp³-hybridized carbons (Fsp3) is 0.105. The molecule has 0 heterocycles. The molecule has 0 fully saturated rings. The van der Waals surface area contributed by atoms with Crippen LogP contribution in [0.2, 0.25) is 5.02 Å². The molecule has 1 N–H and O–H groups in total. The number of carbonyl (C=O) groups is 1. The number of halogens is 1. The van der Waals surface area contributed by atoms with Crippen molar-refractivity contribution in [3.63, 3.8) is 0 Å². The number of azo groups is 1. The number of carbonyl (C=O) groups excluding carboxylic acids is 1. The zero-order chi connectivity index (χ0) is 21.3. The number of nitrogens with zero attached hydrogens (tertiary/aromatic N) is 2. The van der Waals surface area contributed by atoms with E-state index in [0.717, 1.165) is 12.1 Å². The van der Waals surface area contributed by atoms with Crippen LogP contribution in [0.4, 0.5) is 11.4 Å². The molecule has 0 saturated carbocycles. The summed E-state index contributed by atoms with van der Waals surface area (Å²) >= 11 is 6.09. The Morgan fingerprint density at radius 1 is 1.17 bits per heavy atom. The van der Waals surface area contributed by atoms with E-state index in [9.17, 15) is 28.0 Å². The van der Waals surface area contributed by atoms with Gasteiger partial charge in [0, 0.05) is 10.4 Å². The second-order valence-corrected chi connectivity index (χ2v) is 7.87. The van der Waals surface area contributed by atoms with Crippen molar-refractivity contribution < 1.29 is 28.0 Å². The molecule has 0 aliphatic heterocycles. The van der Waals surface area contributed by atoms with Gasteiger partial charge in [0.15, 0.2) is 0 Å². The Bertz CT molecular complexity index is 1280. The van der Waals surface area contributed by atoms with Crippen LogP contribution in [0.15, 0.2) is 57.6 Å². The first-order valence-electron chi connectivity index (χ1n) is 8.29. The van der Waals surface area contributed by atoms with Crippen molar-refractivity contribution in [2.45, 2.75) is 18.2 Å². The molecule has 0 aliphatic carbocycles. The third-order valence-electron chi connectivity index (χ3n) is 4.25. The van der Waals surface area contributed by atoms with Crippen LogP contribution >= 0.6 is 11.6 Å². The molecule has 11 heteroatoms.